The van der Waals surface area contributed by atoms with Gasteiger partial charge in [0.2, 0.25) is 11.8 Å². The Labute approximate surface area is 257 Å². The van der Waals surface area contributed by atoms with Crippen molar-refractivity contribution >= 4 is 23.2 Å². The van der Waals surface area contributed by atoms with Gasteiger partial charge in [0.25, 0.3) is 0 Å². The minimum absolute atomic E-state index is 0.0721. The lowest BCUT2D eigenvalue weighted by Gasteiger charge is -2.36. The molecule has 0 aromatic heterocycles. The fraction of sp³-hybridized carbons (Fsp3) is 0.278. The van der Waals surface area contributed by atoms with Gasteiger partial charge in [-0.1, -0.05) is 48.5 Å². The van der Waals surface area contributed by atoms with Crippen LogP contribution < -0.4 is 28.7 Å². The van der Waals surface area contributed by atoms with Crippen LogP contribution in [-0.2, 0) is 9.59 Å². The van der Waals surface area contributed by atoms with Crippen molar-refractivity contribution in [2.24, 2.45) is 0 Å². The minimum atomic E-state index is -0.391. The lowest BCUT2D eigenvalue weighted by Crippen LogP contribution is -2.36. The molecule has 0 N–H and O–H groups in total. The molecule has 2 heterocycles. The monoisotopic (exact) mass is 592 g/mol. The molecule has 4 aromatic carbocycles. The maximum absolute atomic E-state index is 13.5. The zero-order chi connectivity index (χ0) is 31.1. The molecule has 0 fully saturated rings. The van der Waals surface area contributed by atoms with Crippen LogP contribution in [0.15, 0.2) is 84.9 Å². The van der Waals surface area contributed by atoms with Gasteiger partial charge in [-0.3, -0.25) is 9.59 Å². The summed E-state index contributed by atoms with van der Waals surface area (Å²) >= 11 is 0. The number of hydrogen-bond acceptors (Lipinski definition) is 6. The van der Waals surface area contributed by atoms with Crippen LogP contribution in [0.25, 0.3) is 0 Å². The van der Waals surface area contributed by atoms with Crippen LogP contribution in [0.1, 0.15) is 60.0 Å². The molecule has 226 valence electrons. The Morgan fingerprint density at radius 2 is 0.886 bits per heavy atom. The number of para-hydroxylation sites is 2. The van der Waals surface area contributed by atoms with Crippen LogP contribution in [0.5, 0.6) is 23.0 Å². The van der Waals surface area contributed by atoms with Crippen molar-refractivity contribution in [3.63, 3.8) is 0 Å². The summed E-state index contributed by atoms with van der Waals surface area (Å²) in [4.78, 5) is 30.8. The van der Waals surface area contributed by atoms with Crippen LogP contribution in [0, 0.1) is 0 Å². The van der Waals surface area contributed by atoms with Crippen molar-refractivity contribution in [3.05, 3.63) is 107 Å². The van der Waals surface area contributed by atoms with Gasteiger partial charge < -0.3 is 28.7 Å². The summed E-state index contributed by atoms with van der Waals surface area (Å²) in [5.74, 6) is 1.78. The molecule has 0 unspecified atom stereocenters. The molecule has 8 nitrogen and oxygen atoms in total. The second-order valence-electron chi connectivity index (χ2n) is 11.1. The zero-order valence-electron chi connectivity index (χ0n) is 25.7. The van der Waals surface area contributed by atoms with Crippen LogP contribution in [0.3, 0.4) is 0 Å². The van der Waals surface area contributed by atoms with Gasteiger partial charge in [-0.25, -0.2) is 0 Å². The van der Waals surface area contributed by atoms with E-state index in [1.165, 1.54) is 0 Å². The highest BCUT2D eigenvalue weighted by Gasteiger charge is 2.53. The Morgan fingerprint density at radius 1 is 0.523 bits per heavy atom. The third-order valence-electron chi connectivity index (χ3n) is 8.91. The SMILES string of the molecule is COc1ccc([C@H]2[C@@H]([C@H]3c4ccccc4N(C(C)=O)[C@H]3c3ccc(OC)c(OC)c3)c3ccccc3N2C(C)=O)cc1OC. The average Bonchev–Trinajstić information content (AvgIpc) is 3.57. The summed E-state index contributed by atoms with van der Waals surface area (Å²) < 4.78 is 22.5. The molecular formula is C36H36N2O6. The number of fused-ring (bicyclic) bond motifs is 2. The molecule has 2 aliphatic heterocycles. The molecule has 0 spiro atoms. The molecular weight excluding hydrogens is 556 g/mol. The first-order valence-electron chi connectivity index (χ1n) is 14.6. The van der Waals surface area contributed by atoms with Crippen molar-refractivity contribution < 1.29 is 28.5 Å². The molecule has 4 aromatic rings. The van der Waals surface area contributed by atoms with Gasteiger partial charge in [0.05, 0.1) is 40.5 Å². The zero-order valence-corrected chi connectivity index (χ0v) is 25.7. The molecule has 4 atom stereocenters. The third kappa shape index (κ3) is 4.53. The number of nitrogens with zero attached hydrogens (tertiary/aromatic N) is 2. The Kier molecular flexibility index (Phi) is 7.67. The maximum atomic E-state index is 13.5. The molecule has 0 saturated heterocycles. The van der Waals surface area contributed by atoms with Gasteiger partial charge in [-0.15, -0.1) is 0 Å². The van der Waals surface area contributed by atoms with Crippen molar-refractivity contribution in [1.82, 2.24) is 0 Å². The lowest BCUT2D eigenvalue weighted by molar-refractivity contribution is -0.118. The number of carbonyl (C=O) groups is 2. The first kappa shape index (κ1) is 29.1. The smallest absolute Gasteiger partial charge is 0.224 e. The number of methoxy groups -OCH3 is 4. The molecule has 0 bridgehead atoms. The molecule has 2 aliphatic rings. The van der Waals surface area contributed by atoms with E-state index in [1.54, 1.807) is 42.3 Å². The second kappa shape index (κ2) is 11.6. The molecule has 8 heteroatoms. The highest BCUT2D eigenvalue weighted by Crippen LogP contribution is 2.63. The standard InChI is InChI=1S/C36H36N2O6/c1-21(39)37-27-13-9-7-11-25(27)33(35(37)23-15-17-29(41-3)31(19-23)43-5)34-26-12-8-10-14-28(26)38(22(2)40)36(34)24-16-18-30(42-4)32(20-24)44-6/h7-20,33-36H,1-6H3/t33-,34-,35+,36+/m1/s1. The number of carbonyl (C=O) groups excluding carboxylic acids is 2. The third-order valence-corrected chi connectivity index (χ3v) is 8.91. The van der Waals surface area contributed by atoms with E-state index >= 15 is 0 Å². The predicted octanol–water partition coefficient (Wildman–Crippen LogP) is 6.80. The highest BCUT2D eigenvalue weighted by molar-refractivity contribution is 5.98. The van der Waals surface area contributed by atoms with Gasteiger partial charge in [0.1, 0.15) is 0 Å². The van der Waals surface area contributed by atoms with E-state index in [1.807, 2.05) is 82.6 Å². The maximum Gasteiger partial charge on any atom is 0.224 e. The number of benzene rings is 4. The molecule has 0 radical (unpaired) electrons. The van der Waals surface area contributed by atoms with Crippen LogP contribution >= 0.6 is 0 Å². The highest BCUT2D eigenvalue weighted by atomic mass is 16.5. The van der Waals surface area contributed by atoms with E-state index in [-0.39, 0.29) is 23.7 Å². The molecule has 2 amide bonds. The molecule has 0 aliphatic carbocycles. The first-order valence-corrected chi connectivity index (χ1v) is 14.6. The predicted molar refractivity (Wildman–Crippen MR) is 169 cm³/mol. The Bertz CT molecular complexity index is 1610. The average molecular weight is 593 g/mol. The summed E-state index contributed by atoms with van der Waals surface area (Å²) in [7, 11) is 6.42. The number of ether oxygens (including phenoxy) is 4. The molecule has 44 heavy (non-hydrogen) atoms. The fourth-order valence-corrected chi connectivity index (χ4v) is 7.24. The van der Waals surface area contributed by atoms with E-state index in [0.29, 0.717) is 23.0 Å². The van der Waals surface area contributed by atoms with Crippen LogP contribution in [0.2, 0.25) is 0 Å². The van der Waals surface area contributed by atoms with Crippen LogP contribution in [-0.4, -0.2) is 40.3 Å². The van der Waals surface area contributed by atoms with Crippen molar-refractivity contribution in [2.45, 2.75) is 37.8 Å². The van der Waals surface area contributed by atoms with E-state index in [2.05, 4.69) is 12.1 Å². The largest absolute Gasteiger partial charge is 0.493 e. The van der Waals surface area contributed by atoms with E-state index in [0.717, 1.165) is 33.6 Å². The normalized spacial score (nSPS) is 20.1. The van der Waals surface area contributed by atoms with Gasteiger partial charge >= 0.3 is 0 Å². The number of rotatable bonds is 7. The van der Waals surface area contributed by atoms with Crippen molar-refractivity contribution in [3.8, 4) is 23.0 Å². The van der Waals surface area contributed by atoms with Gasteiger partial charge in [0, 0.05) is 37.1 Å². The lowest BCUT2D eigenvalue weighted by atomic mass is 9.73. The van der Waals surface area contributed by atoms with E-state index < -0.39 is 12.1 Å². The topological polar surface area (TPSA) is 77.5 Å². The summed E-state index contributed by atoms with van der Waals surface area (Å²) in [5, 5.41) is 0. The van der Waals surface area contributed by atoms with Gasteiger partial charge in [-0.2, -0.15) is 0 Å². The summed E-state index contributed by atoms with van der Waals surface area (Å²) in [6.45, 7) is 3.20. The number of hydrogen-bond donors (Lipinski definition) is 0. The Balaban J connectivity index is 1.64. The Hall–Kier alpha value is -4.98. The number of amides is 2. The second-order valence-corrected chi connectivity index (χ2v) is 11.1. The summed E-state index contributed by atoms with van der Waals surface area (Å²) in [6, 6.07) is 27.0. The Morgan fingerprint density at radius 3 is 1.23 bits per heavy atom. The van der Waals surface area contributed by atoms with Crippen LogP contribution in [0.4, 0.5) is 11.4 Å². The van der Waals surface area contributed by atoms with E-state index in [9.17, 15) is 9.59 Å². The quantitative estimate of drug-likeness (QED) is 0.235. The summed E-state index contributed by atoms with van der Waals surface area (Å²) in [6.07, 6.45) is 0. The molecule has 6 rings (SSSR count). The minimum Gasteiger partial charge on any atom is -0.493 e. The van der Waals surface area contributed by atoms with Crippen molar-refractivity contribution in [2.75, 3.05) is 38.2 Å². The van der Waals surface area contributed by atoms with Gasteiger partial charge in [0.15, 0.2) is 23.0 Å². The van der Waals surface area contributed by atoms with Gasteiger partial charge in [-0.05, 0) is 58.7 Å². The summed E-state index contributed by atoms with van der Waals surface area (Å²) in [5.41, 5.74) is 5.60. The van der Waals surface area contributed by atoms with Crippen molar-refractivity contribution in [1.29, 1.82) is 0 Å². The fourth-order valence-electron chi connectivity index (χ4n) is 7.24. The van der Waals surface area contributed by atoms with E-state index in [4.69, 9.17) is 18.9 Å². The first-order chi connectivity index (χ1) is 21.3. The molecule has 0 saturated carbocycles. The number of anilines is 2.